The third-order valence-electron chi connectivity index (χ3n) is 2.54. The highest BCUT2D eigenvalue weighted by molar-refractivity contribution is 6.06. The summed E-state index contributed by atoms with van der Waals surface area (Å²) in [5.41, 5.74) is 6.31. The molecule has 7 nitrogen and oxygen atoms in total. The maximum absolute atomic E-state index is 12.2. The Morgan fingerprint density at radius 3 is 3.00 bits per heavy atom. The average molecular weight is 248 g/mol. The van der Waals surface area contributed by atoms with Crippen LogP contribution in [0.1, 0.15) is 29.5 Å². The minimum absolute atomic E-state index is 0.163. The van der Waals surface area contributed by atoms with Crippen molar-refractivity contribution in [2.75, 3.05) is 6.54 Å². The first-order chi connectivity index (χ1) is 8.76. The van der Waals surface area contributed by atoms with Crippen molar-refractivity contribution in [1.29, 1.82) is 0 Å². The van der Waals surface area contributed by atoms with E-state index in [1.165, 1.54) is 6.20 Å². The van der Waals surface area contributed by atoms with Crippen LogP contribution in [0, 0.1) is 0 Å². The van der Waals surface area contributed by atoms with E-state index in [9.17, 15) is 4.79 Å². The van der Waals surface area contributed by atoms with Gasteiger partial charge in [0.15, 0.2) is 0 Å². The summed E-state index contributed by atoms with van der Waals surface area (Å²) in [4.78, 5) is 16.3. The first kappa shape index (κ1) is 12.4. The van der Waals surface area contributed by atoms with Crippen molar-refractivity contribution in [3.8, 4) is 0 Å². The minimum Gasteiger partial charge on any atom is -0.335 e. The van der Waals surface area contributed by atoms with Gasteiger partial charge in [0, 0.05) is 25.8 Å². The van der Waals surface area contributed by atoms with E-state index in [1.54, 1.807) is 21.8 Å². The van der Waals surface area contributed by atoms with Gasteiger partial charge in [-0.05, 0) is 6.42 Å². The molecule has 0 bridgehead atoms. The number of carbonyl (C=O) groups is 1. The van der Waals surface area contributed by atoms with Crippen molar-refractivity contribution in [2.45, 2.75) is 26.4 Å². The molecule has 0 aliphatic rings. The molecule has 0 saturated carbocycles. The number of rotatable bonds is 6. The molecule has 2 rings (SSSR count). The van der Waals surface area contributed by atoms with Crippen LogP contribution in [0.25, 0.3) is 0 Å². The van der Waals surface area contributed by atoms with Gasteiger partial charge in [-0.25, -0.2) is 9.67 Å². The minimum atomic E-state index is -0.163. The largest absolute Gasteiger partial charge is 0.335 e. The van der Waals surface area contributed by atoms with E-state index in [0.717, 1.165) is 6.42 Å². The Morgan fingerprint density at radius 2 is 2.28 bits per heavy atom. The third kappa shape index (κ3) is 2.45. The van der Waals surface area contributed by atoms with Crippen LogP contribution in [0.2, 0.25) is 0 Å². The van der Waals surface area contributed by atoms with Gasteiger partial charge in [0.25, 0.3) is 0 Å². The van der Waals surface area contributed by atoms with Gasteiger partial charge in [-0.15, -0.1) is 5.10 Å². The van der Waals surface area contributed by atoms with Crippen LogP contribution in [-0.4, -0.2) is 36.9 Å². The van der Waals surface area contributed by atoms with Crippen molar-refractivity contribution in [3.63, 3.8) is 0 Å². The number of carbonyl (C=O) groups excluding carboxylic acids is 1. The second-order valence-electron chi connectivity index (χ2n) is 3.96. The number of aryl methyl sites for hydroxylation is 1. The molecular formula is C11H16N6O. The van der Waals surface area contributed by atoms with E-state index >= 15 is 0 Å². The smallest absolute Gasteiger partial charge is 0.232 e. The molecule has 7 heteroatoms. The number of hydrogen-bond acceptors (Lipinski definition) is 5. The van der Waals surface area contributed by atoms with Crippen molar-refractivity contribution in [3.05, 3.63) is 30.1 Å². The molecule has 18 heavy (non-hydrogen) atoms. The third-order valence-corrected chi connectivity index (χ3v) is 2.54. The number of ketones is 1. The standard InChI is InChI=1S/C11H16N6O/c1-2-4-17-10(6-14-15-17)11(18)9-7-16(5-3-12)8-13-9/h6-8H,2-5,12H2,1H3. The van der Waals surface area contributed by atoms with Gasteiger partial charge in [0.05, 0.1) is 12.5 Å². The lowest BCUT2D eigenvalue weighted by atomic mass is 10.2. The lowest BCUT2D eigenvalue weighted by Gasteiger charge is -2.01. The Labute approximate surface area is 105 Å². The zero-order valence-corrected chi connectivity index (χ0v) is 10.3. The highest BCUT2D eigenvalue weighted by Gasteiger charge is 2.17. The van der Waals surface area contributed by atoms with E-state index < -0.39 is 0 Å². The van der Waals surface area contributed by atoms with E-state index in [0.29, 0.717) is 31.0 Å². The summed E-state index contributed by atoms with van der Waals surface area (Å²) in [5, 5.41) is 7.65. The quantitative estimate of drug-likeness (QED) is 0.731. The Morgan fingerprint density at radius 1 is 1.44 bits per heavy atom. The molecule has 2 aromatic heterocycles. The molecule has 2 N–H and O–H groups in total. The molecular weight excluding hydrogens is 232 g/mol. The fourth-order valence-corrected chi connectivity index (χ4v) is 1.69. The van der Waals surface area contributed by atoms with Crippen LogP contribution < -0.4 is 5.73 Å². The van der Waals surface area contributed by atoms with Crippen LogP contribution in [0.5, 0.6) is 0 Å². The van der Waals surface area contributed by atoms with Gasteiger partial charge in [0.1, 0.15) is 11.4 Å². The summed E-state index contributed by atoms with van der Waals surface area (Å²) in [6, 6.07) is 0. The van der Waals surface area contributed by atoms with Crippen molar-refractivity contribution < 1.29 is 4.79 Å². The Hall–Kier alpha value is -2.02. The van der Waals surface area contributed by atoms with Gasteiger partial charge >= 0.3 is 0 Å². The Kier molecular flexibility index (Phi) is 3.83. The highest BCUT2D eigenvalue weighted by atomic mass is 16.1. The molecule has 0 atom stereocenters. The van der Waals surface area contributed by atoms with Gasteiger partial charge in [0.2, 0.25) is 5.78 Å². The topological polar surface area (TPSA) is 91.6 Å². The molecule has 0 aromatic carbocycles. The Bertz CT molecular complexity index is 529. The molecule has 0 radical (unpaired) electrons. The summed E-state index contributed by atoms with van der Waals surface area (Å²) >= 11 is 0. The molecule has 0 fully saturated rings. The lowest BCUT2D eigenvalue weighted by Crippen LogP contribution is -2.12. The monoisotopic (exact) mass is 248 g/mol. The van der Waals surface area contributed by atoms with Crippen molar-refractivity contribution >= 4 is 5.78 Å². The molecule has 0 amide bonds. The number of imidazole rings is 1. The molecule has 2 aromatic rings. The summed E-state index contributed by atoms with van der Waals surface area (Å²) in [6.45, 7) is 3.85. The van der Waals surface area contributed by atoms with Crippen LogP contribution in [0.15, 0.2) is 18.7 Å². The van der Waals surface area contributed by atoms with Crippen LogP contribution in [-0.2, 0) is 13.1 Å². The normalized spacial score (nSPS) is 10.8. The first-order valence-electron chi connectivity index (χ1n) is 5.91. The van der Waals surface area contributed by atoms with E-state index in [-0.39, 0.29) is 5.78 Å². The second kappa shape index (κ2) is 5.54. The van der Waals surface area contributed by atoms with E-state index in [1.807, 2.05) is 6.92 Å². The second-order valence-corrected chi connectivity index (χ2v) is 3.96. The van der Waals surface area contributed by atoms with Gasteiger partial charge in [-0.3, -0.25) is 4.79 Å². The van der Waals surface area contributed by atoms with Crippen LogP contribution in [0.3, 0.4) is 0 Å². The predicted molar refractivity (Wildman–Crippen MR) is 65.0 cm³/mol. The molecule has 0 saturated heterocycles. The fraction of sp³-hybridized carbons (Fsp3) is 0.455. The summed E-state index contributed by atoms with van der Waals surface area (Å²) in [7, 11) is 0. The molecule has 0 aliphatic carbocycles. The van der Waals surface area contributed by atoms with Gasteiger partial charge in [-0.1, -0.05) is 12.1 Å². The van der Waals surface area contributed by atoms with E-state index in [4.69, 9.17) is 5.73 Å². The maximum atomic E-state index is 12.2. The highest BCUT2D eigenvalue weighted by Crippen LogP contribution is 2.07. The van der Waals surface area contributed by atoms with Crippen LogP contribution >= 0.6 is 0 Å². The van der Waals surface area contributed by atoms with Crippen LogP contribution in [0.4, 0.5) is 0 Å². The number of aromatic nitrogens is 5. The first-order valence-corrected chi connectivity index (χ1v) is 5.91. The van der Waals surface area contributed by atoms with Crippen molar-refractivity contribution in [1.82, 2.24) is 24.5 Å². The van der Waals surface area contributed by atoms with Gasteiger partial charge < -0.3 is 10.3 Å². The van der Waals surface area contributed by atoms with Gasteiger partial charge in [-0.2, -0.15) is 0 Å². The number of nitrogens with two attached hydrogens (primary N) is 1. The fourth-order valence-electron chi connectivity index (χ4n) is 1.69. The summed E-state index contributed by atoms with van der Waals surface area (Å²) in [6.07, 6.45) is 5.66. The lowest BCUT2D eigenvalue weighted by molar-refractivity contribution is 0.102. The molecule has 0 aliphatic heterocycles. The number of hydrogen-bond donors (Lipinski definition) is 1. The van der Waals surface area contributed by atoms with Crippen molar-refractivity contribution in [2.24, 2.45) is 5.73 Å². The summed E-state index contributed by atoms with van der Waals surface area (Å²) in [5.74, 6) is -0.163. The summed E-state index contributed by atoms with van der Waals surface area (Å²) < 4.78 is 3.39. The molecule has 2 heterocycles. The predicted octanol–water partition coefficient (Wildman–Crippen LogP) is 0.0743. The SMILES string of the molecule is CCCn1nncc1C(=O)c1cn(CCN)cn1. The molecule has 0 spiro atoms. The molecule has 0 unspecified atom stereocenters. The number of nitrogens with zero attached hydrogens (tertiary/aromatic N) is 5. The Balaban J connectivity index is 2.21. The van der Waals surface area contributed by atoms with E-state index in [2.05, 4.69) is 15.3 Å². The zero-order chi connectivity index (χ0) is 13.0. The maximum Gasteiger partial charge on any atom is 0.232 e. The average Bonchev–Trinajstić information content (AvgIpc) is 2.98. The molecule has 96 valence electrons. The zero-order valence-electron chi connectivity index (χ0n) is 10.3.